The van der Waals surface area contributed by atoms with E-state index in [9.17, 15) is 5.26 Å². The fraction of sp³-hybridized carbons (Fsp3) is 0. The van der Waals surface area contributed by atoms with Gasteiger partial charge in [0.1, 0.15) is 0 Å². The molecule has 0 fully saturated rings. The van der Waals surface area contributed by atoms with Gasteiger partial charge >= 0.3 is 0 Å². The van der Waals surface area contributed by atoms with E-state index in [1.807, 2.05) is 18.2 Å². The quantitative estimate of drug-likeness (QED) is 0.221. The Morgan fingerprint density at radius 1 is 0.488 bits per heavy atom. The molecule has 5 heteroatoms. The van der Waals surface area contributed by atoms with E-state index >= 15 is 0 Å². The van der Waals surface area contributed by atoms with Crippen molar-refractivity contribution < 1.29 is 0 Å². The number of imidazole rings is 2. The molecule has 0 aliphatic rings. The van der Waals surface area contributed by atoms with E-state index in [4.69, 9.17) is 4.98 Å². The van der Waals surface area contributed by atoms with Crippen LogP contribution in [-0.4, -0.2) is 18.5 Å². The Morgan fingerprint density at radius 2 is 1.07 bits per heavy atom. The highest BCUT2D eigenvalue weighted by molar-refractivity contribution is 6.10. The predicted molar refractivity (Wildman–Crippen MR) is 174 cm³/mol. The van der Waals surface area contributed by atoms with Gasteiger partial charge in [-0.05, 0) is 60.7 Å². The molecule has 9 aromatic rings. The molecule has 0 saturated carbocycles. The Kier molecular flexibility index (Phi) is 4.90. The number of hydrogen-bond donors (Lipinski definition) is 0. The van der Waals surface area contributed by atoms with Crippen molar-refractivity contribution in [1.82, 2.24) is 18.5 Å². The predicted octanol–water partition coefficient (Wildman–Crippen LogP) is 9.07. The van der Waals surface area contributed by atoms with E-state index < -0.39 is 0 Å². The summed E-state index contributed by atoms with van der Waals surface area (Å²) in [5.41, 5.74) is 11.0. The average molecular weight is 550 g/mol. The molecule has 0 atom stereocenters. The van der Waals surface area contributed by atoms with E-state index in [1.54, 1.807) is 0 Å². The largest absolute Gasteiger partial charge is 0.309 e. The van der Waals surface area contributed by atoms with E-state index in [-0.39, 0.29) is 0 Å². The molecule has 3 aromatic heterocycles. The zero-order valence-corrected chi connectivity index (χ0v) is 23.0. The molecule has 43 heavy (non-hydrogen) atoms. The smallest absolute Gasteiger partial charge is 0.220 e. The second kappa shape index (κ2) is 8.94. The highest BCUT2D eigenvalue weighted by atomic mass is 15.2. The minimum absolute atomic E-state index is 0.608. The Balaban J connectivity index is 1.41. The van der Waals surface area contributed by atoms with Crippen LogP contribution in [0.1, 0.15) is 5.56 Å². The maximum Gasteiger partial charge on any atom is 0.220 e. The normalized spacial score (nSPS) is 11.7. The standard InChI is InChI=1S/C38H23N5/c39-24-25-21-22-34(42-36-19-9-10-20-37(36)43-35-18-8-4-14-30(35)40-38(42)43)29(23-25)28-13-3-7-17-33(28)41-31-15-5-1-11-26(31)27-12-2-6-16-32(27)41/h1-23H. The van der Waals surface area contributed by atoms with Gasteiger partial charge in [-0.2, -0.15) is 5.26 Å². The summed E-state index contributed by atoms with van der Waals surface area (Å²) in [4.78, 5) is 5.12. The van der Waals surface area contributed by atoms with Gasteiger partial charge in [-0.1, -0.05) is 78.9 Å². The lowest BCUT2D eigenvalue weighted by molar-refractivity contribution is 1.11. The van der Waals surface area contributed by atoms with Crippen LogP contribution in [0.25, 0.3) is 72.2 Å². The molecule has 5 nitrogen and oxygen atoms in total. The molecule has 0 saturated heterocycles. The summed E-state index contributed by atoms with van der Waals surface area (Å²) >= 11 is 0. The van der Waals surface area contributed by atoms with Crippen LogP contribution in [0.3, 0.4) is 0 Å². The van der Waals surface area contributed by atoms with Gasteiger partial charge in [0, 0.05) is 21.9 Å². The maximum absolute atomic E-state index is 10.0. The van der Waals surface area contributed by atoms with Crippen molar-refractivity contribution in [1.29, 1.82) is 5.26 Å². The molecule has 0 radical (unpaired) electrons. The van der Waals surface area contributed by atoms with E-state index in [2.05, 4.69) is 141 Å². The highest BCUT2D eigenvalue weighted by Gasteiger charge is 2.22. The van der Waals surface area contributed by atoms with Crippen molar-refractivity contribution in [3.05, 3.63) is 145 Å². The van der Waals surface area contributed by atoms with Gasteiger partial charge in [0.2, 0.25) is 5.78 Å². The van der Waals surface area contributed by atoms with Gasteiger partial charge < -0.3 is 4.57 Å². The molecule has 3 heterocycles. The molecule has 0 aliphatic carbocycles. The van der Waals surface area contributed by atoms with Crippen LogP contribution in [-0.2, 0) is 0 Å². The molecule has 0 amide bonds. The SMILES string of the molecule is N#Cc1ccc(-n2c3ccccc3n3c4ccccc4nc23)c(-c2ccccc2-n2c3ccccc3c3ccccc32)c1. The van der Waals surface area contributed by atoms with Crippen LogP contribution in [0.5, 0.6) is 0 Å². The van der Waals surface area contributed by atoms with Crippen molar-refractivity contribution >= 4 is 49.7 Å². The minimum Gasteiger partial charge on any atom is -0.309 e. The summed E-state index contributed by atoms with van der Waals surface area (Å²) in [7, 11) is 0. The molecular weight excluding hydrogens is 526 g/mol. The number of nitrogens with zero attached hydrogens (tertiary/aromatic N) is 5. The van der Waals surface area contributed by atoms with Crippen molar-refractivity contribution in [2.75, 3.05) is 0 Å². The van der Waals surface area contributed by atoms with E-state index in [0.29, 0.717) is 5.56 Å². The summed E-state index contributed by atoms with van der Waals surface area (Å²) in [5.74, 6) is 0.836. The number of fused-ring (bicyclic) bond motifs is 8. The number of benzene rings is 6. The summed E-state index contributed by atoms with van der Waals surface area (Å²) < 4.78 is 6.80. The van der Waals surface area contributed by atoms with E-state index in [0.717, 1.165) is 61.4 Å². The molecule has 0 bridgehead atoms. The van der Waals surface area contributed by atoms with Gasteiger partial charge in [-0.15, -0.1) is 0 Å². The number of hydrogen-bond acceptors (Lipinski definition) is 2. The molecule has 0 N–H and O–H groups in total. The zero-order chi connectivity index (χ0) is 28.5. The topological polar surface area (TPSA) is 50.9 Å². The number of nitriles is 1. The van der Waals surface area contributed by atoms with E-state index in [1.165, 1.54) is 10.8 Å². The molecule has 200 valence electrons. The van der Waals surface area contributed by atoms with Gasteiger partial charge in [-0.25, -0.2) is 4.98 Å². The third-order valence-corrected chi connectivity index (χ3v) is 8.49. The molecule has 0 unspecified atom stereocenters. The third-order valence-electron chi connectivity index (χ3n) is 8.49. The lowest BCUT2D eigenvalue weighted by atomic mass is 9.98. The fourth-order valence-corrected chi connectivity index (χ4v) is 6.68. The Bertz CT molecular complexity index is 2530. The zero-order valence-electron chi connectivity index (χ0n) is 23.0. The Morgan fingerprint density at radius 3 is 1.81 bits per heavy atom. The molecule has 0 aliphatic heterocycles. The van der Waals surface area contributed by atoms with Crippen molar-refractivity contribution in [3.63, 3.8) is 0 Å². The Labute approximate surface area is 246 Å². The molecule has 9 rings (SSSR count). The number of aromatic nitrogens is 4. The van der Waals surface area contributed by atoms with Gasteiger partial charge in [0.05, 0.1) is 56.1 Å². The van der Waals surface area contributed by atoms with Crippen molar-refractivity contribution in [3.8, 4) is 28.6 Å². The highest BCUT2D eigenvalue weighted by Crippen LogP contribution is 2.40. The average Bonchev–Trinajstić information content (AvgIpc) is 3.71. The van der Waals surface area contributed by atoms with Crippen LogP contribution in [0.4, 0.5) is 0 Å². The minimum atomic E-state index is 0.608. The van der Waals surface area contributed by atoms with Crippen LogP contribution < -0.4 is 0 Å². The first-order valence-electron chi connectivity index (χ1n) is 14.3. The second-order valence-corrected chi connectivity index (χ2v) is 10.8. The lowest BCUT2D eigenvalue weighted by Gasteiger charge is -2.18. The first-order chi connectivity index (χ1) is 21.3. The summed E-state index contributed by atoms with van der Waals surface area (Å²) in [6.45, 7) is 0. The third kappa shape index (κ3) is 3.29. The van der Waals surface area contributed by atoms with Crippen molar-refractivity contribution in [2.45, 2.75) is 0 Å². The molecule has 6 aromatic carbocycles. The molecule has 0 spiro atoms. The van der Waals surface area contributed by atoms with Crippen LogP contribution >= 0.6 is 0 Å². The van der Waals surface area contributed by atoms with Gasteiger partial charge in [0.25, 0.3) is 0 Å². The van der Waals surface area contributed by atoms with Crippen LogP contribution in [0.15, 0.2) is 140 Å². The number of rotatable bonds is 3. The van der Waals surface area contributed by atoms with Gasteiger partial charge in [-0.3, -0.25) is 8.97 Å². The number of para-hydroxylation sites is 7. The van der Waals surface area contributed by atoms with Crippen LogP contribution in [0.2, 0.25) is 0 Å². The van der Waals surface area contributed by atoms with Gasteiger partial charge in [0.15, 0.2) is 0 Å². The Hall–Kier alpha value is -6.12. The van der Waals surface area contributed by atoms with Crippen molar-refractivity contribution in [2.24, 2.45) is 0 Å². The fourth-order valence-electron chi connectivity index (χ4n) is 6.68. The first kappa shape index (κ1) is 23.6. The van der Waals surface area contributed by atoms with Crippen LogP contribution in [0, 0.1) is 11.3 Å². The monoisotopic (exact) mass is 549 g/mol. The summed E-state index contributed by atoms with van der Waals surface area (Å²) in [6, 6.07) is 50.6. The maximum atomic E-state index is 10.0. The first-order valence-corrected chi connectivity index (χ1v) is 14.3. The summed E-state index contributed by atoms with van der Waals surface area (Å²) in [5, 5.41) is 12.4. The second-order valence-electron chi connectivity index (χ2n) is 10.8. The lowest BCUT2D eigenvalue weighted by Crippen LogP contribution is -2.02. The molecular formula is C38H23N5. The summed E-state index contributed by atoms with van der Waals surface area (Å²) in [6.07, 6.45) is 0.